The molecule has 0 amide bonds. The van der Waals surface area contributed by atoms with E-state index in [1.165, 1.54) is 0 Å². The Bertz CT molecular complexity index is 29.4. The molecule has 0 radical (unpaired) electrons. The smallest absolute Gasteiger partial charge is 0.0826 e. The summed E-state index contributed by atoms with van der Waals surface area (Å²) in [6, 6.07) is 0. The molecule has 0 fully saturated rings. The fraction of sp³-hybridized carbons (Fsp3) is 1.00. The van der Waals surface area contributed by atoms with Crippen molar-refractivity contribution in [2.24, 2.45) is 0 Å². The monoisotopic (exact) mass is 124 g/mol. The zero-order valence-electron chi connectivity index (χ0n) is 4.34. The zero-order valence-corrected chi connectivity index (χ0v) is 5.16. The topological polar surface area (TPSA) is 27.7 Å². The van der Waals surface area contributed by atoms with Gasteiger partial charge in [0.1, 0.15) is 0 Å². The fourth-order valence-corrected chi connectivity index (χ4v) is 0.190. The average molecular weight is 124 g/mol. The Kier molecular flexibility index (Phi) is 6.43. The summed E-state index contributed by atoms with van der Waals surface area (Å²) in [5.41, 5.74) is 0. The van der Waals surface area contributed by atoms with Crippen LogP contribution in [0.15, 0.2) is 0 Å². The molecule has 0 saturated carbocycles. The molecule has 0 saturated heterocycles. The summed E-state index contributed by atoms with van der Waals surface area (Å²) in [5, 5.41) is 4.09. The van der Waals surface area contributed by atoms with Crippen molar-refractivity contribution >= 4 is 12.0 Å². The SMILES string of the molecule is CCOOOSC. The van der Waals surface area contributed by atoms with Gasteiger partial charge in [0.25, 0.3) is 0 Å². The summed E-state index contributed by atoms with van der Waals surface area (Å²) in [7, 11) is 0. The van der Waals surface area contributed by atoms with Crippen LogP contribution >= 0.6 is 12.0 Å². The molecule has 4 heteroatoms. The summed E-state index contributed by atoms with van der Waals surface area (Å²) >= 11 is 1.09. The van der Waals surface area contributed by atoms with Gasteiger partial charge < -0.3 is 0 Å². The molecule has 0 aromatic heterocycles. The largest absolute Gasteiger partial charge is 0.206 e. The van der Waals surface area contributed by atoms with E-state index in [-0.39, 0.29) is 0 Å². The maximum absolute atomic E-state index is 4.33. The molecule has 0 aromatic carbocycles. The van der Waals surface area contributed by atoms with Crippen LogP contribution in [0.1, 0.15) is 6.92 Å². The van der Waals surface area contributed by atoms with Crippen molar-refractivity contribution in [1.82, 2.24) is 0 Å². The van der Waals surface area contributed by atoms with Gasteiger partial charge in [0.2, 0.25) is 0 Å². The number of hydrogen-bond donors (Lipinski definition) is 0. The molecule has 0 N–H and O–H groups in total. The minimum Gasteiger partial charge on any atom is -0.206 e. The molecule has 0 unspecified atom stereocenters. The van der Waals surface area contributed by atoms with E-state index in [0.29, 0.717) is 6.61 Å². The van der Waals surface area contributed by atoms with Gasteiger partial charge in [-0.1, -0.05) is 5.04 Å². The molecular formula is C3H8O3S. The van der Waals surface area contributed by atoms with Gasteiger partial charge in [-0.3, -0.25) is 0 Å². The van der Waals surface area contributed by atoms with Crippen LogP contribution in [0.25, 0.3) is 0 Å². The predicted octanol–water partition coefficient (Wildman–Crippen LogP) is 1.16. The molecule has 3 nitrogen and oxygen atoms in total. The average Bonchev–Trinajstić information content (AvgIpc) is 1.69. The van der Waals surface area contributed by atoms with Crippen molar-refractivity contribution in [3.8, 4) is 0 Å². The van der Waals surface area contributed by atoms with Gasteiger partial charge in [0, 0.05) is 18.3 Å². The predicted molar refractivity (Wildman–Crippen MR) is 27.3 cm³/mol. The van der Waals surface area contributed by atoms with Crippen LogP contribution < -0.4 is 0 Å². The quantitative estimate of drug-likeness (QED) is 0.243. The Labute approximate surface area is 47.0 Å². The Morgan fingerprint density at radius 3 is 2.71 bits per heavy atom. The van der Waals surface area contributed by atoms with Gasteiger partial charge in [0.15, 0.2) is 0 Å². The highest BCUT2D eigenvalue weighted by atomic mass is 32.2. The van der Waals surface area contributed by atoms with Crippen LogP contribution in [0.5, 0.6) is 0 Å². The molecule has 44 valence electrons. The number of rotatable bonds is 4. The molecular weight excluding hydrogens is 116 g/mol. The van der Waals surface area contributed by atoms with Crippen LogP contribution in [0.3, 0.4) is 0 Å². The zero-order chi connectivity index (χ0) is 5.54. The molecule has 0 spiro atoms. The summed E-state index contributed by atoms with van der Waals surface area (Å²) in [6.07, 6.45) is 1.74. The lowest BCUT2D eigenvalue weighted by Crippen LogP contribution is -1.88. The maximum Gasteiger partial charge on any atom is 0.0826 e. The van der Waals surface area contributed by atoms with E-state index in [1.54, 1.807) is 6.26 Å². The normalized spacial score (nSPS) is 9.43. The third kappa shape index (κ3) is 6.23. The molecule has 0 aliphatic rings. The third-order valence-corrected chi connectivity index (χ3v) is 0.453. The third-order valence-electron chi connectivity index (χ3n) is 0.262. The minimum absolute atomic E-state index is 0.501. The van der Waals surface area contributed by atoms with E-state index in [4.69, 9.17) is 0 Å². The summed E-state index contributed by atoms with van der Waals surface area (Å²) in [4.78, 5) is 4.33. The molecule has 0 aliphatic carbocycles. The van der Waals surface area contributed by atoms with Crippen molar-refractivity contribution in [2.45, 2.75) is 6.92 Å². The van der Waals surface area contributed by atoms with E-state index >= 15 is 0 Å². The van der Waals surface area contributed by atoms with Gasteiger partial charge >= 0.3 is 0 Å². The van der Waals surface area contributed by atoms with Gasteiger partial charge in [0.05, 0.1) is 6.61 Å². The second kappa shape index (κ2) is 6.23. The summed E-state index contributed by atoms with van der Waals surface area (Å²) < 4.78 is 4.27. The van der Waals surface area contributed by atoms with Crippen LogP contribution in [0, 0.1) is 0 Å². The standard InChI is InChI=1S/C3H8O3S/c1-3-4-5-6-7-2/h3H2,1-2H3. The van der Waals surface area contributed by atoms with E-state index < -0.39 is 0 Å². The summed E-state index contributed by atoms with van der Waals surface area (Å²) in [6.45, 7) is 2.31. The second-order valence-corrected chi connectivity index (χ2v) is 1.18. The second-order valence-electron chi connectivity index (χ2n) is 0.709. The van der Waals surface area contributed by atoms with Gasteiger partial charge in [-0.25, -0.2) is 4.89 Å². The lowest BCUT2D eigenvalue weighted by Gasteiger charge is -1.92. The molecule has 0 bridgehead atoms. The summed E-state index contributed by atoms with van der Waals surface area (Å²) in [5.74, 6) is 0. The Morgan fingerprint density at radius 2 is 2.29 bits per heavy atom. The Hall–Kier alpha value is 0.230. The Balaban J connectivity index is 2.45. The van der Waals surface area contributed by atoms with Crippen LogP contribution in [0.2, 0.25) is 0 Å². The molecule has 0 rings (SSSR count). The lowest BCUT2D eigenvalue weighted by atomic mass is 10.9. The first-order valence-electron chi connectivity index (χ1n) is 1.90. The van der Waals surface area contributed by atoms with E-state index in [2.05, 4.69) is 14.3 Å². The van der Waals surface area contributed by atoms with Crippen molar-refractivity contribution in [1.29, 1.82) is 0 Å². The highest BCUT2D eigenvalue weighted by Crippen LogP contribution is 1.94. The molecule has 0 aromatic rings. The highest BCUT2D eigenvalue weighted by molar-refractivity contribution is 7.93. The Morgan fingerprint density at radius 1 is 1.57 bits per heavy atom. The van der Waals surface area contributed by atoms with Crippen LogP contribution in [-0.2, 0) is 14.3 Å². The minimum atomic E-state index is 0.501. The molecule has 0 atom stereocenters. The fourth-order valence-electron chi connectivity index (χ4n) is 0.0955. The molecule has 0 aliphatic heterocycles. The first-order valence-corrected chi connectivity index (χ1v) is 3.05. The molecule has 0 heterocycles. The van der Waals surface area contributed by atoms with Crippen molar-refractivity contribution in [2.75, 3.05) is 12.9 Å². The van der Waals surface area contributed by atoms with Gasteiger partial charge in [-0.2, -0.15) is 0 Å². The maximum atomic E-state index is 4.33. The highest BCUT2D eigenvalue weighted by Gasteiger charge is 1.78. The first kappa shape index (κ1) is 7.23. The first-order chi connectivity index (χ1) is 3.41. The van der Waals surface area contributed by atoms with Gasteiger partial charge in [-0.15, -0.1) is 4.33 Å². The van der Waals surface area contributed by atoms with Crippen LogP contribution in [-0.4, -0.2) is 12.9 Å². The van der Waals surface area contributed by atoms with E-state index in [0.717, 1.165) is 12.0 Å². The van der Waals surface area contributed by atoms with Crippen molar-refractivity contribution in [3.63, 3.8) is 0 Å². The van der Waals surface area contributed by atoms with Crippen LogP contribution in [0.4, 0.5) is 0 Å². The van der Waals surface area contributed by atoms with E-state index in [1.807, 2.05) is 6.92 Å². The van der Waals surface area contributed by atoms with Crippen molar-refractivity contribution in [3.05, 3.63) is 0 Å². The van der Waals surface area contributed by atoms with E-state index in [9.17, 15) is 0 Å². The molecule has 7 heavy (non-hydrogen) atoms. The van der Waals surface area contributed by atoms with Gasteiger partial charge in [-0.05, 0) is 6.92 Å². The number of hydrogen-bond acceptors (Lipinski definition) is 4. The van der Waals surface area contributed by atoms with Crippen molar-refractivity contribution < 1.29 is 14.3 Å². The lowest BCUT2D eigenvalue weighted by molar-refractivity contribution is -0.458.